The molecule has 0 saturated carbocycles. The highest BCUT2D eigenvalue weighted by Crippen LogP contribution is 2.23. The number of halogens is 1. The molecule has 0 atom stereocenters. The van der Waals surface area contributed by atoms with Crippen molar-refractivity contribution < 1.29 is 13.2 Å². The molecule has 158 valence electrons. The van der Waals surface area contributed by atoms with Gasteiger partial charge in [-0.3, -0.25) is 4.79 Å². The number of nitrogens with one attached hydrogen (secondary N) is 1. The molecule has 1 aromatic rings. The second-order valence-electron chi connectivity index (χ2n) is 7.62. The van der Waals surface area contributed by atoms with E-state index in [-0.39, 0.29) is 23.2 Å². The van der Waals surface area contributed by atoms with Gasteiger partial charge in [0.1, 0.15) is 0 Å². The van der Waals surface area contributed by atoms with Crippen molar-refractivity contribution in [2.24, 2.45) is 5.92 Å². The largest absolute Gasteiger partial charge is 0.339 e. The molecule has 1 amide bonds. The standard InChI is InChI=1S/C20H31N3O3S.ClH/c1-21-12-9-17-10-15-22(16-11-17)20(24)18-5-7-19(8-6-18)27(25,26)23-13-3-2-4-14-23;/h5-8,17,21H,2-4,9-16H2,1H3;1H. The van der Waals surface area contributed by atoms with Crippen molar-refractivity contribution in [1.29, 1.82) is 0 Å². The predicted octanol–water partition coefficient (Wildman–Crippen LogP) is 2.74. The summed E-state index contributed by atoms with van der Waals surface area (Å²) in [6.07, 6.45) is 6.15. The molecule has 2 heterocycles. The third kappa shape index (κ3) is 5.47. The Bertz CT molecular complexity index is 726. The van der Waals surface area contributed by atoms with Crippen LogP contribution in [0.25, 0.3) is 0 Å². The summed E-state index contributed by atoms with van der Waals surface area (Å²) < 4.78 is 27.0. The Morgan fingerprint density at radius 2 is 1.64 bits per heavy atom. The monoisotopic (exact) mass is 429 g/mol. The molecule has 6 nitrogen and oxygen atoms in total. The summed E-state index contributed by atoms with van der Waals surface area (Å²) in [6, 6.07) is 6.48. The van der Waals surface area contributed by atoms with Crippen LogP contribution in [0.15, 0.2) is 29.2 Å². The Kier molecular flexibility index (Phi) is 8.74. The number of carbonyl (C=O) groups excluding carboxylic acids is 1. The average molecular weight is 430 g/mol. The maximum absolute atomic E-state index is 12.7. The summed E-state index contributed by atoms with van der Waals surface area (Å²) in [5.74, 6) is 0.683. The molecule has 28 heavy (non-hydrogen) atoms. The van der Waals surface area contributed by atoms with Gasteiger partial charge in [-0.25, -0.2) is 8.42 Å². The SMILES string of the molecule is CNCCC1CCN(C(=O)c2ccc(S(=O)(=O)N3CCCCC3)cc2)CC1.Cl. The van der Waals surface area contributed by atoms with Crippen LogP contribution in [0.4, 0.5) is 0 Å². The molecule has 0 bridgehead atoms. The topological polar surface area (TPSA) is 69.7 Å². The molecule has 2 aliphatic rings. The van der Waals surface area contributed by atoms with Crippen molar-refractivity contribution in [2.45, 2.75) is 43.4 Å². The molecule has 2 fully saturated rings. The molecule has 1 aromatic carbocycles. The molecular weight excluding hydrogens is 398 g/mol. The van der Waals surface area contributed by atoms with Crippen molar-refractivity contribution in [1.82, 2.24) is 14.5 Å². The molecule has 2 saturated heterocycles. The van der Waals surface area contributed by atoms with Crippen molar-refractivity contribution in [3.05, 3.63) is 29.8 Å². The number of amides is 1. The second kappa shape index (κ2) is 10.6. The van der Waals surface area contributed by atoms with E-state index in [4.69, 9.17) is 0 Å². The van der Waals surface area contributed by atoms with E-state index in [0.29, 0.717) is 24.6 Å². The number of carbonyl (C=O) groups is 1. The summed E-state index contributed by atoms with van der Waals surface area (Å²) in [6.45, 7) is 3.75. The van der Waals surface area contributed by atoms with E-state index >= 15 is 0 Å². The zero-order valence-corrected chi connectivity index (χ0v) is 18.2. The normalized spacial score (nSPS) is 19.2. The fraction of sp³-hybridized carbons (Fsp3) is 0.650. The number of sulfonamides is 1. The summed E-state index contributed by atoms with van der Waals surface area (Å²) in [7, 11) is -1.48. The Morgan fingerprint density at radius 1 is 1.04 bits per heavy atom. The lowest BCUT2D eigenvalue weighted by Crippen LogP contribution is -2.39. The number of hydrogen-bond donors (Lipinski definition) is 1. The molecule has 0 radical (unpaired) electrons. The van der Waals surface area contributed by atoms with Gasteiger partial charge in [0, 0.05) is 31.7 Å². The number of benzene rings is 1. The van der Waals surface area contributed by atoms with E-state index < -0.39 is 10.0 Å². The smallest absolute Gasteiger partial charge is 0.253 e. The summed E-state index contributed by atoms with van der Waals surface area (Å²) in [5, 5.41) is 3.18. The fourth-order valence-corrected chi connectivity index (χ4v) is 5.50. The van der Waals surface area contributed by atoms with Gasteiger partial charge in [0.15, 0.2) is 0 Å². The molecular formula is C20H32ClN3O3S. The highest BCUT2D eigenvalue weighted by atomic mass is 35.5. The molecule has 0 unspecified atom stereocenters. The van der Waals surface area contributed by atoms with Crippen molar-refractivity contribution in [3.63, 3.8) is 0 Å². The highest BCUT2D eigenvalue weighted by Gasteiger charge is 2.27. The zero-order valence-electron chi connectivity index (χ0n) is 16.6. The highest BCUT2D eigenvalue weighted by molar-refractivity contribution is 7.89. The molecule has 0 spiro atoms. The lowest BCUT2D eigenvalue weighted by atomic mass is 9.93. The Balaban J connectivity index is 0.00000280. The van der Waals surface area contributed by atoms with E-state index in [1.165, 1.54) is 0 Å². The van der Waals surface area contributed by atoms with Crippen LogP contribution in [-0.4, -0.2) is 63.3 Å². The van der Waals surface area contributed by atoms with Gasteiger partial charge in [-0.1, -0.05) is 6.42 Å². The maximum Gasteiger partial charge on any atom is 0.253 e. The number of hydrogen-bond acceptors (Lipinski definition) is 4. The van der Waals surface area contributed by atoms with Crippen LogP contribution in [-0.2, 0) is 10.0 Å². The molecule has 3 rings (SSSR count). The second-order valence-corrected chi connectivity index (χ2v) is 9.55. The zero-order chi connectivity index (χ0) is 19.3. The first-order valence-corrected chi connectivity index (χ1v) is 11.5. The third-order valence-electron chi connectivity index (χ3n) is 5.76. The van der Waals surface area contributed by atoms with E-state index in [0.717, 1.165) is 58.2 Å². The van der Waals surface area contributed by atoms with Gasteiger partial charge in [-0.15, -0.1) is 12.4 Å². The lowest BCUT2D eigenvalue weighted by molar-refractivity contribution is 0.0687. The van der Waals surface area contributed by atoms with Crippen molar-refractivity contribution in [2.75, 3.05) is 39.8 Å². The van der Waals surface area contributed by atoms with Crippen LogP contribution >= 0.6 is 12.4 Å². The van der Waals surface area contributed by atoms with Gasteiger partial charge in [0.05, 0.1) is 4.90 Å². The van der Waals surface area contributed by atoms with E-state index in [1.54, 1.807) is 28.6 Å². The van der Waals surface area contributed by atoms with Crippen LogP contribution in [0.3, 0.4) is 0 Å². The van der Waals surface area contributed by atoms with Gasteiger partial charge in [-0.05, 0) is 75.9 Å². The van der Waals surface area contributed by atoms with Crippen molar-refractivity contribution >= 4 is 28.3 Å². The van der Waals surface area contributed by atoms with Gasteiger partial charge < -0.3 is 10.2 Å². The average Bonchev–Trinajstić information content (AvgIpc) is 2.73. The summed E-state index contributed by atoms with van der Waals surface area (Å²) in [5.41, 5.74) is 0.571. The first-order chi connectivity index (χ1) is 13.0. The van der Waals surface area contributed by atoms with Crippen molar-refractivity contribution in [3.8, 4) is 0 Å². The molecule has 0 aliphatic carbocycles. The maximum atomic E-state index is 12.7. The fourth-order valence-electron chi connectivity index (χ4n) is 3.98. The quantitative estimate of drug-likeness (QED) is 0.754. The van der Waals surface area contributed by atoms with Gasteiger partial charge >= 0.3 is 0 Å². The Hall–Kier alpha value is -1.15. The first kappa shape index (κ1) is 23.1. The lowest BCUT2D eigenvalue weighted by Gasteiger charge is -2.32. The van der Waals surface area contributed by atoms with Gasteiger partial charge in [-0.2, -0.15) is 4.31 Å². The molecule has 8 heteroatoms. The van der Waals surface area contributed by atoms with E-state index in [1.807, 2.05) is 11.9 Å². The number of rotatable bonds is 6. The predicted molar refractivity (Wildman–Crippen MR) is 113 cm³/mol. The van der Waals surface area contributed by atoms with Crippen LogP contribution in [0.2, 0.25) is 0 Å². The third-order valence-corrected chi connectivity index (χ3v) is 7.67. The minimum absolute atomic E-state index is 0. The van der Waals surface area contributed by atoms with Crippen LogP contribution in [0, 0.1) is 5.92 Å². The Labute approximate surface area is 175 Å². The van der Waals surface area contributed by atoms with Gasteiger partial charge in [0.2, 0.25) is 10.0 Å². The van der Waals surface area contributed by atoms with Crippen LogP contribution in [0.5, 0.6) is 0 Å². The number of likely N-dealkylation sites (tertiary alicyclic amines) is 1. The number of piperidine rings is 2. The van der Waals surface area contributed by atoms with Crippen LogP contribution in [0.1, 0.15) is 48.9 Å². The van der Waals surface area contributed by atoms with Crippen LogP contribution < -0.4 is 5.32 Å². The molecule has 2 aliphatic heterocycles. The van der Waals surface area contributed by atoms with E-state index in [9.17, 15) is 13.2 Å². The summed E-state index contributed by atoms with van der Waals surface area (Å²) in [4.78, 5) is 14.9. The van der Waals surface area contributed by atoms with Gasteiger partial charge in [0.25, 0.3) is 5.91 Å². The number of nitrogens with zero attached hydrogens (tertiary/aromatic N) is 2. The minimum Gasteiger partial charge on any atom is -0.339 e. The molecule has 0 aromatic heterocycles. The van der Waals surface area contributed by atoms with E-state index in [2.05, 4.69) is 5.32 Å². The minimum atomic E-state index is -3.44. The summed E-state index contributed by atoms with van der Waals surface area (Å²) >= 11 is 0. The molecule has 1 N–H and O–H groups in total. The Morgan fingerprint density at radius 3 is 2.21 bits per heavy atom. The first-order valence-electron chi connectivity index (χ1n) is 10.1.